The van der Waals surface area contributed by atoms with E-state index >= 15 is 0 Å². The molecule has 1 saturated heterocycles. The van der Waals surface area contributed by atoms with E-state index in [9.17, 15) is 14.0 Å². The van der Waals surface area contributed by atoms with Crippen molar-refractivity contribution in [3.05, 3.63) is 29.8 Å². The van der Waals surface area contributed by atoms with E-state index in [4.69, 9.17) is 0 Å². The molecule has 1 spiro atoms. The third-order valence-electron chi connectivity index (χ3n) is 4.42. The molecule has 0 bridgehead atoms. The number of halogens is 1. The molecule has 0 radical (unpaired) electrons. The SMILES string of the molecule is O=C1CNC(=O)C2(CCCCC2)N1Cc1cncc(F)c1. The second kappa shape index (κ2) is 5.42. The number of amides is 2. The molecule has 1 aliphatic carbocycles. The molecule has 1 aromatic heterocycles. The minimum Gasteiger partial charge on any atom is -0.345 e. The summed E-state index contributed by atoms with van der Waals surface area (Å²) >= 11 is 0. The molecule has 1 saturated carbocycles. The van der Waals surface area contributed by atoms with Crippen molar-refractivity contribution < 1.29 is 14.0 Å². The zero-order valence-electron chi connectivity index (χ0n) is 11.8. The Morgan fingerprint density at radius 2 is 2.00 bits per heavy atom. The molecular formula is C15H18FN3O2. The summed E-state index contributed by atoms with van der Waals surface area (Å²) < 4.78 is 13.3. The average molecular weight is 291 g/mol. The zero-order valence-corrected chi connectivity index (χ0v) is 11.8. The molecule has 1 aliphatic heterocycles. The maximum Gasteiger partial charge on any atom is 0.246 e. The van der Waals surface area contributed by atoms with Gasteiger partial charge in [-0.3, -0.25) is 14.6 Å². The first-order chi connectivity index (χ1) is 10.1. The third kappa shape index (κ3) is 2.50. The van der Waals surface area contributed by atoms with Gasteiger partial charge in [-0.05, 0) is 24.5 Å². The Hall–Kier alpha value is -1.98. The molecule has 5 nitrogen and oxygen atoms in total. The molecule has 112 valence electrons. The number of rotatable bonds is 2. The van der Waals surface area contributed by atoms with Crippen molar-refractivity contribution in [1.29, 1.82) is 0 Å². The topological polar surface area (TPSA) is 62.3 Å². The molecule has 0 atom stereocenters. The van der Waals surface area contributed by atoms with Gasteiger partial charge >= 0.3 is 0 Å². The fourth-order valence-electron chi connectivity index (χ4n) is 3.38. The van der Waals surface area contributed by atoms with Gasteiger partial charge in [0.25, 0.3) is 0 Å². The van der Waals surface area contributed by atoms with E-state index in [2.05, 4.69) is 10.3 Å². The van der Waals surface area contributed by atoms with Gasteiger partial charge in [0, 0.05) is 12.7 Å². The fraction of sp³-hybridized carbons (Fsp3) is 0.533. The molecule has 6 heteroatoms. The van der Waals surface area contributed by atoms with Gasteiger partial charge in [0.05, 0.1) is 12.7 Å². The Kier molecular flexibility index (Phi) is 3.61. The van der Waals surface area contributed by atoms with Crippen molar-refractivity contribution in [2.75, 3.05) is 6.54 Å². The summed E-state index contributed by atoms with van der Waals surface area (Å²) in [5, 5.41) is 2.70. The van der Waals surface area contributed by atoms with Gasteiger partial charge in [-0.2, -0.15) is 0 Å². The van der Waals surface area contributed by atoms with Gasteiger partial charge < -0.3 is 10.2 Å². The van der Waals surface area contributed by atoms with Crippen LogP contribution >= 0.6 is 0 Å². The first kappa shape index (κ1) is 14.0. The number of aromatic nitrogens is 1. The number of carbonyl (C=O) groups excluding carboxylic acids is 2. The number of piperazine rings is 1. The first-order valence-electron chi connectivity index (χ1n) is 7.30. The summed E-state index contributed by atoms with van der Waals surface area (Å²) in [5.41, 5.74) is -0.150. The van der Waals surface area contributed by atoms with E-state index in [0.717, 1.165) is 25.5 Å². The van der Waals surface area contributed by atoms with Crippen LogP contribution in [0.15, 0.2) is 18.5 Å². The zero-order chi connectivity index (χ0) is 14.9. The molecule has 0 aromatic carbocycles. The van der Waals surface area contributed by atoms with Gasteiger partial charge in [0.2, 0.25) is 11.8 Å². The molecule has 2 amide bonds. The molecule has 2 heterocycles. The Bertz CT molecular complexity index is 570. The monoisotopic (exact) mass is 291 g/mol. The lowest BCUT2D eigenvalue weighted by Crippen LogP contribution is -2.67. The maximum atomic E-state index is 13.3. The smallest absolute Gasteiger partial charge is 0.246 e. The van der Waals surface area contributed by atoms with Crippen molar-refractivity contribution in [3.63, 3.8) is 0 Å². The van der Waals surface area contributed by atoms with E-state index in [1.807, 2.05) is 0 Å². The Morgan fingerprint density at radius 3 is 2.71 bits per heavy atom. The van der Waals surface area contributed by atoms with Gasteiger partial charge in [-0.25, -0.2) is 4.39 Å². The van der Waals surface area contributed by atoms with Crippen LogP contribution in [0.3, 0.4) is 0 Å². The average Bonchev–Trinajstić information content (AvgIpc) is 2.49. The van der Waals surface area contributed by atoms with Gasteiger partial charge in [0.15, 0.2) is 0 Å². The van der Waals surface area contributed by atoms with Crippen LogP contribution in [0, 0.1) is 5.82 Å². The highest BCUT2D eigenvalue weighted by Gasteiger charge is 2.49. The normalized spacial score (nSPS) is 21.5. The molecule has 1 aromatic rings. The summed E-state index contributed by atoms with van der Waals surface area (Å²) in [5.74, 6) is -0.619. The number of carbonyl (C=O) groups is 2. The van der Waals surface area contributed by atoms with Crippen LogP contribution < -0.4 is 5.32 Å². The number of pyridine rings is 1. The largest absolute Gasteiger partial charge is 0.345 e. The molecular weight excluding hydrogens is 273 g/mol. The number of nitrogens with one attached hydrogen (secondary N) is 1. The second-order valence-electron chi connectivity index (χ2n) is 5.77. The summed E-state index contributed by atoms with van der Waals surface area (Å²) in [7, 11) is 0. The highest BCUT2D eigenvalue weighted by Crippen LogP contribution is 2.36. The lowest BCUT2D eigenvalue weighted by Gasteiger charge is -2.47. The van der Waals surface area contributed by atoms with Crippen molar-refractivity contribution in [1.82, 2.24) is 15.2 Å². The van der Waals surface area contributed by atoms with Crippen LogP contribution in [0.5, 0.6) is 0 Å². The second-order valence-corrected chi connectivity index (χ2v) is 5.77. The molecule has 3 rings (SSSR count). The van der Waals surface area contributed by atoms with Crippen molar-refractivity contribution in [3.8, 4) is 0 Å². The molecule has 2 fully saturated rings. The van der Waals surface area contributed by atoms with Crippen LogP contribution in [0.2, 0.25) is 0 Å². The van der Waals surface area contributed by atoms with Crippen LogP contribution in [0.25, 0.3) is 0 Å². The molecule has 2 aliphatic rings. The minimum atomic E-state index is -0.764. The van der Waals surface area contributed by atoms with Crippen molar-refractivity contribution >= 4 is 11.8 Å². The van der Waals surface area contributed by atoms with Gasteiger partial charge in [-0.1, -0.05) is 19.3 Å². The summed E-state index contributed by atoms with van der Waals surface area (Å²) in [6.07, 6.45) is 6.96. The van der Waals surface area contributed by atoms with E-state index < -0.39 is 11.4 Å². The number of nitrogens with zero attached hydrogens (tertiary/aromatic N) is 2. The van der Waals surface area contributed by atoms with Crippen molar-refractivity contribution in [2.24, 2.45) is 0 Å². The van der Waals surface area contributed by atoms with Crippen LogP contribution in [0.1, 0.15) is 37.7 Å². The molecule has 1 N–H and O–H groups in total. The summed E-state index contributed by atoms with van der Waals surface area (Å²) in [4.78, 5) is 30.1. The summed E-state index contributed by atoms with van der Waals surface area (Å²) in [6.45, 7) is 0.250. The van der Waals surface area contributed by atoms with E-state index in [1.165, 1.54) is 6.07 Å². The Labute approximate surface area is 122 Å². The molecule has 21 heavy (non-hydrogen) atoms. The minimum absolute atomic E-state index is 0.0172. The Morgan fingerprint density at radius 1 is 1.24 bits per heavy atom. The van der Waals surface area contributed by atoms with E-state index in [0.29, 0.717) is 18.4 Å². The molecule has 0 unspecified atom stereocenters. The van der Waals surface area contributed by atoms with Gasteiger partial charge in [-0.15, -0.1) is 0 Å². The van der Waals surface area contributed by atoms with Crippen LogP contribution in [-0.2, 0) is 16.1 Å². The standard InChI is InChI=1S/C15H18FN3O2/c16-12-6-11(7-17-8-12)10-19-13(20)9-18-14(21)15(19)4-2-1-3-5-15/h6-8H,1-5,9-10H2,(H,18,21). The fourth-order valence-corrected chi connectivity index (χ4v) is 3.38. The van der Waals surface area contributed by atoms with E-state index in [-0.39, 0.29) is 24.9 Å². The third-order valence-corrected chi connectivity index (χ3v) is 4.42. The predicted octanol–water partition coefficient (Wildman–Crippen LogP) is 1.38. The summed E-state index contributed by atoms with van der Waals surface area (Å²) in [6, 6.07) is 1.36. The van der Waals surface area contributed by atoms with E-state index in [1.54, 1.807) is 11.1 Å². The maximum absolute atomic E-state index is 13.3. The predicted molar refractivity (Wildman–Crippen MR) is 73.6 cm³/mol. The van der Waals surface area contributed by atoms with Crippen molar-refractivity contribution in [2.45, 2.75) is 44.2 Å². The van der Waals surface area contributed by atoms with Crippen LogP contribution in [0.4, 0.5) is 4.39 Å². The first-order valence-corrected chi connectivity index (χ1v) is 7.30. The number of hydrogen-bond donors (Lipinski definition) is 1. The lowest BCUT2D eigenvalue weighted by atomic mass is 9.78. The lowest BCUT2D eigenvalue weighted by molar-refractivity contribution is -0.157. The highest BCUT2D eigenvalue weighted by molar-refractivity contribution is 5.98. The number of hydrogen-bond acceptors (Lipinski definition) is 3. The van der Waals surface area contributed by atoms with Crippen LogP contribution in [-0.4, -0.2) is 33.8 Å². The highest BCUT2D eigenvalue weighted by atomic mass is 19.1. The van der Waals surface area contributed by atoms with Gasteiger partial charge in [0.1, 0.15) is 11.4 Å². The Balaban J connectivity index is 1.91. The quantitative estimate of drug-likeness (QED) is 0.895.